The number of halogens is 1. The number of amides is 1. The summed E-state index contributed by atoms with van der Waals surface area (Å²) in [5.74, 6) is -1.13. The third kappa shape index (κ3) is 3.28. The molecule has 1 amide bonds. The van der Waals surface area contributed by atoms with Gasteiger partial charge in [-0.15, -0.1) is 0 Å². The lowest BCUT2D eigenvalue weighted by Gasteiger charge is -2.08. The van der Waals surface area contributed by atoms with E-state index in [1.165, 1.54) is 47.3 Å². The summed E-state index contributed by atoms with van der Waals surface area (Å²) in [6.07, 6.45) is 2.39. The number of rotatable bonds is 4. The first-order valence-corrected chi connectivity index (χ1v) is 8.63. The van der Waals surface area contributed by atoms with Crippen LogP contribution in [0.1, 0.15) is 15.9 Å². The predicted octanol–water partition coefficient (Wildman–Crippen LogP) is 2.32. The lowest BCUT2D eigenvalue weighted by atomic mass is 10.1. The molecule has 0 aliphatic rings. The van der Waals surface area contributed by atoms with Gasteiger partial charge in [0.1, 0.15) is 17.5 Å². The number of carbonyl (C=O) groups is 1. The molecule has 2 aromatic carbocycles. The zero-order chi connectivity index (χ0) is 21.4. The van der Waals surface area contributed by atoms with Crippen molar-refractivity contribution in [3.63, 3.8) is 0 Å². The topological polar surface area (TPSA) is 125 Å². The molecule has 0 atom stereocenters. The van der Waals surface area contributed by atoms with E-state index in [9.17, 15) is 24.1 Å². The summed E-state index contributed by atoms with van der Waals surface area (Å²) in [5.41, 5.74) is 2.71. The first-order valence-electron chi connectivity index (χ1n) is 8.63. The number of carbonyl (C=O) groups excluding carboxylic acids is 1. The molecule has 0 saturated carbocycles. The average Bonchev–Trinajstić information content (AvgIpc) is 3.15. The lowest BCUT2D eigenvalue weighted by molar-refractivity contribution is -0.385. The number of nitro benzene ring substituents is 1. The molecule has 0 bridgehead atoms. The van der Waals surface area contributed by atoms with Crippen molar-refractivity contribution in [2.75, 3.05) is 5.43 Å². The highest BCUT2D eigenvalue weighted by atomic mass is 19.1. The molecule has 0 unspecified atom stereocenters. The number of hydrogen-bond acceptors (Lipinski definition) is 6. The van der Waals surface area contributed by atoms with Crippen LogP contribution in [0.4, 0.5) is 10.1 Å². The van der Waals surface area contributed by atoms with Gasteiger partial charge in [0.25, 0.3) is 17.2 Å². The van der Waals surface area contributed by atoms with E-state index < -0.39 is 22.2 Å². The first-order chi connectivity index (χ1) is 14.3. The van der Waals surface area contributed by atoms with Gasteiger partial charge in [-0.1, -0.05) is 6.07 Å². The van der Waals surface area contributed by atoms with Crippen LogP contribution in [0.25, 0.3) is 16.7 Å². The van der Waals surface area contributed by atoms with E-state index in [2.05, 4.69) is 15.5 Å². The second-order valence-electron chi connectivity index (χ2n) is 6.39. The molecule has 0 aliphatic heterocycles. The van der Waals surface area contributed by atoms with Crippen molar-refractivity contribution in [1.29, 1.82) is 0 Å². The van der Waals surface area contributed by atoms with Gasteiger partial charge in [-0.05, 0) is 37.3 Å². The van der Waals surface area contributed by atoms with E-state index in [-0.39, 0.29) is 22.3 Å². The molecule has 0 aliphatic carbocycles. The van der Waals surface area contributed by atoms with Gasteiger partial charge in [-0.25, -0.2) is 18.7 Å². The van der Waals surface area contributed by atoms with E-state index in [1.807, 2.05) is 0 Å². The molecule has 30 heavy (non-hydrogen) atoms. The molecule has 10 nitrogen and oxygen atoms in total. The van der Waals surface area contributed by atoms with Gasteiger partial charge in [0.2, 0.25) is 0 Å². The Morgan fingerprint density at radius 1 is 1.20 bits per heavy atom. The lowest BCUT2D eigenvalue weighted by Crippen LogP contribution is -2.33. The van der Waals surface area contributed by atoms with E-state index in [4.69, 9.17) is 0 Å². The standard InChI is InChI=1S/C19H13FN6O4/c1-11-2-3-12(8-16(11)26(29)30)18(27)23-24-10-21-17-15(19(24)28)9-22-25(17)14-6-4-13(20)5-7-14/h2-10H,1H3,(H,23,27). The second-order valence-corrected chi connectivity index (χ2v) is 6.39. The Balaban J connectivity index is 1.67. The van der Waals surface area contributed by atoms with Crippen molar-refractivity contribution in [1.82, 2.24) is 19.4 Å². The highest BCUT2D eigenvalue weighted by Gasteiger charge is 2.17. The minimum absolute atomic E-state index is 0.0151. The summed E-state index contributed by atoms with van der Waals surface area (Å²) in [7, 11) is 0. The van der Waals surface area contributed by atoms with Crippen LogP contribution in [0.15, 0.2) is 59.8 Å². The van der Waals surface area contributed by atoms with Gasteiger partial charge < -0.3 is 0 Å². The zero-order valence-electron chi connectivity index (χ0n) is 15.4. The van der Waals surface area contributed by atoms with E-state index in [0.29, 0.717) is 11.3 Å². The summed E-state index contributed by atoms with van der Waals surface area (Å²) in [4.78, 5) is 39.8. The number of aryl methyl sites for hydroxylation is 1. The number of nitro groups is 1. The molecule has 0 saturated heterocycles. The van der Waals surface area contributed by atoms with Crippen LogP contribution in [0.3, 0.4) is 0 Å². The Bertz CT molecular complexity index is 1360. The zero-order valence-corrected chi connectivity index (χ0v) is 15.4. The smallest absolute Gasteiger partial charge is 0.267 e. The largest absolute Gasteiger partial charge is 0.283 e. The van der Waals surface area contributed by atoms with Gasteiger partial charge in [-0.3, -0.25) is 25.1 Å². The van der Waals surface area contributed by atoms with Crippen LogP contribution in [0, 0.1) is 22.9 Å². The SMILES string of the molecule is Cc1ccc(C(=O)Nn2cnc3c(cnn3-c3ccc(F)cc3)c2=O)cc1[N+](=O)[O-]. The molecule has 150 valence electrons. The van der Waals surface area contributed by atoms with Gasteiger partial charge in [0.05, 0.1) is 16.8 Å². The maximum absolute atomic E-state index is 13.1. The van der Waals surface area contributed by atoms with Crippen molar-refractivity contribution in [3.8, 4) is 5.69 Å². The summed E-state index contributed by atoms with van der Waals surface area (Å²) in [6, 6.07) is 9.48. The molecule has 4 rings (SSSR count). The van der Waals surface area contributed by atoms with Crippen LogP contribution in [-0.2, 0) is 0 Å². The summed E-state index contributed by atoms with van der Waals surface area (Å²) in [5, 5.41) is 15.3. The van der Waals surface area contributed by atoms with Crippen molar-refractivity contribution in [3.05, 3.63) is 92.4 Å². The van der Waals surface area contributed by atoms with Gasteiger partial charge in [0.15, 0.2) is 5.65 Å². The molecule has 0 radical (unpaired) electrons. The van der Waals surface area contributed by atoms with E-state index >= 15 is 0 Å². The Morgan fingerprint density at radius 3 is 2.63 bits per heavy atom. The number of benzene rings is 2. The fourth-order valence-corrected chi connectivity index (χ4v) is 2.88. The normalized spacial score (nSPS) is 10.9. The van der Waals surface area contributed by atoms with Gasteiger partial charge >= 0.3 is 0 Å². The average molecular weight is 408 g/mol. The highest BCUT2D eigenvalue weighted by molar-refractivity contribution is 6.00. The van der Waals surface area contributed by atoms with Crippen LogP contribution in [-0.4, -0.2) is 30.3 Å². The molecular formula is C19H13FN6O4. The summed E-state index contributed by atoms with van der Waals surface area (Å²) in [6.45, 7) is 1.56. The predicted molar refractivity (Wildman–Crippen MR) is 105 cm³/mol. The number of aromatic nitrogens is 4. The molecule has 2 heterocycles. The van der Waals surface area contributed by atoms with Crippen LogP contribution < -0.4 is 11.0 Å². The minimum Gasteiger partial charge on any atom is -0.267 e. The maximum atomic E-state index is 13.1. The molecule has 1 N–H and O–H groups in total. The Kier molecular flexibility index (Phi) is 4.54. The fraction of sp³-hybridized carbons (Fsp3) is 0.0526. The maximum Gasteiger partial charge on any atom is 0.283 e. The van der Waals surface area contributed by atoms with Gasteiger partial charge in [0, 0.05) is 17.2 Å². The van der Waals surface area contributed by atoms with Crippen molar-refractivity contribution >= 4 is 22.6 Å². The number of nitrogens with one attached hydrogen (secondary N) is 1. The number of hydrogen-bond donors (Lipinski definition) is 1. The summed E-state index contributed by atoms with van der Waals surface area (Å²) >= 11 is 0. The van der Waals surface area contributed by atoms with Gasteiger partial charge in [-0.2, -0.15) is 5.10 Å². The molecule has 2 aromatic heterocycles. The Morgan fingerprint density at radius 2 is 1.93 bits per heavy atom. The highest BCUT2D eigenvalue weighted by Crippen LogP contribution is 2.19. The number of fused-ring (bicyclic) bond motifs is 1. The minimum atomic E-state index is -0.715. The first kappa shape index (κ1) is 18.9. The van der Waals surface area contributed by atoms with Crippen LogP contribution >= 0.6 is 0 Å². The van der Waals surface area contributed by atoms with Crippen molar-refractivity contribution in [2.45, 2.75) is 6.92 Å². The van der Waals surface area contributed by atoms with Crippen molar-refractivity contribution in [2.24, 2.45) is 0 Å². The van der Waals surface area contributed by atoms with E-state index in [0.717, 1.165) is 17.1 Å². The molecule has 0 spiro atoms. The second kappa shape index (κ2) is 7.20. The fourth-order valence-electron chi connectivity index (χ4n) is 2.88. The third-order valence-electron chi connectivity index (χ3n) is 4.45. The van der Waals surface area contributed by atoms with Crippen molar-refractivity contribution < 1.29 is 14.1 Å². The summed E-state index contributed by atoms with van der Waals surface area (Å²) < 4.78 is 15.4. The Labute approximate surface area is 167 Å². The third-order valence-corrected chi connectivity index (χ3v) is 4.45. The van der Waals surface area contributed by atoms with Crippen LogP contribution in [0.2, 0.25) is 0 Å². The quantitative estimate of drug-likeness (QED) is 0.408. The molecular weight excluding hydrogens is 395 g/mol. The van der Waals surface area contributed by atoms with E-state index in [1.54, 1.807) is 6.92 Å². The molecule has 0 fully saturated rings. The van der Waals surface area contributed by atoms with Crippen LogP contribution in [0.5, 0.6) is 0 Å². The molecule has 11 heteroatoms. The molecule has 4 aromatic rings. The monoisotopic (exact) mass is 408 g/mol. The number of nitrogens with zero attached hydrogens (tertiary/aromatic N) is 5. The Hall–Kier alpha value is -4.41.